The number of ether oxygens (including phenoxy) is 3. The monoisotopic (exact) mass is 294 g/mol. The fourth-order valence-electron chi connectivity index (χ4n) is 1.65. The van der Waals surface area contributed by atoms with Crippen LogP contribution >= 0.6 is 15.9 Å². The zero-order valence-electron chi connectivity index (χ0n) is 10.7. The van der Waals surface area contributed by atoms with E-state index in [1.807, 2.05) is 6.92 Å². The molecule has 96 valence electrons. The zero-order chi connectivity index (χ0) is 12.2. The molecule has 0 radical (unpaired) electrons. The first-order valence-corrected chi connectivity index (χ1v) is 6.84. The second-order valence-electron chi connectivity index (χ2n) is 4.79. The second-order valence-corrected chi connectivity index (χ2v) is 5.97. The van der Waals surface area contributed by atoms with Crippen LogP contribution in [-0.4, -0.2) is 43.0 Å². The van der Waals surface area contributed by atoms with Gasteiger partial charge in [-0.15, -0.1) is 0 Å². The van der Waals surface area contributed by atoms with E-state index in [0.717, 1.165) is 26.1 Å². The van der Waals surface area contributed by atoms with Gasteiger partial charge in [0.15, 0.2) is 0 Å². The maximum absolute atomic E-state index is 5.82. The van der Waals surface area contributed by atoms with Crippen LogP contribution in [0.5, 0.6) is 0 Å². The highest BCUT2D eigenvalue weighted by Gasteiger charge is 2.41. The van der Waals surface area contributed by atoms with Crippen molar-refractivity contribution in [3.8, 4) is 0 Å². The highest BCUT2D eigenvalue weighted by Crippen LogP contribution is 2.33. The first-order valence-electron chi connectivity index (χ1n) is 5.92. The first kappa shape index (κ1) is 14.4. The third-order valence-electron chi connectivity index (χ3n) is 3.13. The lowest BCUT2D eigenvalue weighted by atomic mass is 9.91. The third kappa shape index (κ3) is 3.99. The highest BCUT2D eigenvalue weighted by atomic mass is 79.9. The summed E-state index contributed by atoms with van der Waals surface area (Å²) >= 11 is 3.58. The van der Waals surface area contributed by atoms with Gasteiger partial charge in [-0.3, -0.25) is 0 Å². The topological polar surface area (TPSA) is 27.7 Å². The van der Waals surface area contributed by atoms with Gasteiger partial charge in [0.25, 0.3) is 0 Å². The van der Waals surface area contributed by atoms with Crippen LogP contribution in [-0.2, 0) is 14.2 Å². The maximum atomic E-state index is 5.82. The highest BCUT2D eigenvalue weighted by molar-refractivity contribution is 9.09. The summed E-state index contributed by atoms with van der Waals surface area (Å²) in [4.78, 5) is 0.452. The first-order chi connectivity index (χ1) is 7.50. The van der Waals surface area contributed by atoms with Gasteiger partial charge in [-0.25, -0.2) is 0 Å². The van der Waals surface area contributed by atoms with Crippen LogP contribution in [0.15, 0.2) is 0 Å². The Morgan fingerprint density at radius 1 is 1.31 bits per heavy atom. The number of methoxy groups -OCH3 is 1. The van der Waals surface area contributed by atoms with Crippen LogP contribution in [0, 0.1) is 0 Å². The van der Waals surface area contributed by atoms with E-state index in [-0.39, 0.29) is 17.8 Å². The largest absolute Gasteiger partial charge is 0.379 e. The predicted molar refractivity (Wildman–Crippen MR) is 68.2 cm³/mol. The number of hydrogen-bond donors (Lipinski definition) is 0. The van der Waals surface area contributed by atoms with Crippen molar-refractivity contribution in [1.29, 1.82) is 0 Å². The van der Waals surface area contributed by atoms with E-state index in [9.17, 15) is 0 Å². The van der Waals surface area contributed by atoms with E-state index in [2.05, 4.69) is 29.8 Å². The summed E-state index contributed by atoms with van der Waals surface area (Å²) in [7, 11) is 1.74. The SMILES string of the molecule is CCOC1C(Br)CC1OCCC(C)(C)OC. The van der Waals surface area contributed by atoms with Crippen molar-refractivity contribution >= 4 is 15.9 Å². The van der Waals surface area contributed by atoms with Gasteiger partial charge in [-0.05, 0) is 33.6 Å². The molecule has 1 fully saturated rings. The van der Waals surface area contributed by atoms with Crippen LogP contribution in [0.1, 0.15) is 33.6 Å². The Morgan fingerprint density at radius 2 is 2.00 bits per heavy atom. The molecular weight excluding hydrogens is 272 g/mol. The van der Waals surface area contributed by atoms with Crippen LogP contribution in [0.25, 0.3) is 0 Å². The van der Waals surface area contributed by atoms with Gasteiger partial charge in [0, 0.05) is 25.2 Å². The summed E-state index contributed by atoms with van der Waals surface area (Å²) < 4.78 is 16.8. The Bertz CT molecular complexity index is 208. The summed E-state index contributed by atoms with van der Waals surface area (Å²) in [5, 5.41) is 0. The van der Waals surface area contributed by atoms with Gasteiger partial charge in [-0.1, -0.05) is 15.9 Å². The quantitative estimate of drug-likeness (QED) is 0.676. The number of halogens is 1. The molecule has 0 N–H and O–H groups in total. The average Bonchev–Trinajstić information content (AvgIpc) is 2.24. The number of hydrogen-bond acceptors (Lipinski definition) is 3. The normalized spacial score (nSPS) is 30.2. The van der Waals surface area contributed by atoms with E-state index in [4.69, 9.17) is 14.2 Å². The Kier molecular flexibility index (Phi) is 5.71. The van der Waals surface area contributed by atoms with Gasteiger partial charge in [0.05, 0.1) is 17.8 Å². The maximum Gasteiger partial charge on any atom is 0.0962 e. The lowest BCUT2D eigenvalue weighted by molar-refractivity contribution is -0.127. The van der Waals surface area contributed by atoms with Gasteiger partial charge >= 0.3 is 0 Å². The molecule has 4 heteroatoms. The smallest absolute Gasteiger partial charge is 0.0962 e. The van der Waals surface area contributed by atoms with Crippen LogP contribution in [0.3, 0.4) is 0 Å². The fourth-order valence-corrected chi connectivity index (χ4v) is 2.51. The molecule has 1 aliphatic carbocycles. The minimum atomic E-state index is -0.0986. The average molecular weight is 295 g/mol. The van der Waals surface area contributed by atoms with E-state index in [1.54, 1.807) is 7.11 Å². The minimum absolute atomic E-state index is 0.0986. The van der Waals surface area contributed by atoms with Crippen LogP contribution in [0.4, 0.5) is 0 Å². The molecule has 1 saturated carbocycles. The lowest BCUT2D eigenvalue weighted by Crippen LogP contribution is -2.51. The molecule has 3 unspecified atom stereocenters. The molecule has 0 aromatic carbocycles. The summed E-state index contributed by atoms with van der Waals surface area (Å²) in [6.45, 7) is 7.64. The van der Waals surface area contributed by atoms with Gasteiger partial charge in [-0.2, -0.15) is 0 Å². The molecule has 0 aromatic rings. The Hall–Kier alpha value is 0.360. The van der Waals surface area contributed by atoms with Crippen molar-refractivity contribution in [3.63, 3.8) is 0 Å². The van der Waals surface area contributed by atoms with E-state index >= 15 is 0 Å². The molecule has 0 spiro atoms. The van der Waals surface area contributed by atoms with E-state index in [1.165, 1.54) is 0 Å². The van der Waals surface area contributed by atoms with Crippen molar-refractivity contribution in [3.05, 3.63) is 0 Å². The van der Waals surface area contributed by atoms with Crippen LogP contribution in [0.2, 0.25) is 0 Å². The summed E-state index contributed by atoms with van der Waals surface area (Å²) in [6.07, 6.45) is 2.41. The Morgan fingerprint density at radius 3 is 2.50 bits per heavy atom. The lowest BCUT2D eigenvalue weighted by Gasteiger charge is -2.41. The summed E-state index contributed by atoms with van der Waals surface area (Å²) in [5.74, 6) is 0. The molecule has 0 aromatic heterocycles. The molecule has 1 aliphatic rings. The van der Waals surface area contributed by atoms with Crippen molar-refractivity contribution in [2.75, 3.05) is 20.3 Å². The van der Waals surface area contributed by atoms with E-state index in [0.29, 0.717) is 4.83 Å². The summed E-state index contributed by atoms with van der Waals surface area (Å²) in [6, 6.07) is 0. The molecular formula is C12H23BrO3. The fraction of sp³-hybridized carbons (Fsp3) is 1.00. The molecule has 0 heterocycles. The Labute approximate surface area is 107 Å². The molecule has 3 nitrogen and oxygen atoms in total. The third-order valence-corrected chi connectivity index (χ3v) is 4.02. The summed E-state index contributed by atoms with van der Waals surface area (Å²) in [5.41, 5.74) is -0.0986. The molecule has 0 aliphatic heterocycles. The Balaban J connectivity index is 2.19. The molecule has 1 rings (SSSR count). The van der Waals surface area contributed by atoms with Crippen molar-refractivity contribution in [2.24, 2.45) is 0 Å². The second kappa shape index (κ2) is 6.34. The van der Waals surface area contributed by atoms with Crippen molar-refractivity contribution in [1.82, 2.24) is 0 Å². The molecule has 0 amide bonds. The van der Waals surface area contributed by atoms with Gasteiger partial charge in [0.1, 0.15) is 0 Å². The van der Waals surface area contributed by atoms with Crippen LogP contribution < -0.4 is 0 Å². The van der Waals surface area contributed by atoms with Crippen molar-refractivity contribution < 1.29 is 14.2 Å². The number of alkyl halides is 1. The van der Waals surface area contributed by atoms with Gasteiger partial charge < -0.3 is 14.2 Å². The molecule has 0 bridgehead atoms. The number of rotatable bonds is 7. The minimum Gasteiger partial charge on any atom is -0.379 e. The standard InChI is InChI=1S/C12H23BrO3/c1-5-15-11-9(13)8-10(11)16-7-6-12(2,3)14-4/h9-11H,5-8H2,1-4H3. The molecule has 3 atom stereocenters. The van der Waals surface area contributed by atoms with Gasteiger partial charge in [0.2, 0.25) is 0 Å². The zero-order valence-corrected chi connectivity index (χ0v) is 12.2. The predicted octanol–water partition coefficient (Wildman–Crippen LogP) is 2.76. The van der Waals surface area contributed by atoms with E-state index < -0.39 is 0 Å². The molecule has 16 heavy (non-hydrogen) atoms. The van der Waals surface area contributed by atoms with Crippen molar-refractivity contribution in [2.45, 2.75) is 56.2 Å². The molecule has 0 saturated heterocycles.